The largest absolute Gasteiger partial charge is 0.379 e. The van der Waals surface area contributed by atoms with Gasteiger partial charge in [0.2, 0.25) is 0 Å². The van der Waals surface area contributed by atoms with E-state index in [1.165, 1.54) is 12.1 Å². The molecular formula is C11H13F2NO. The Labute approximate surface area is 87.2 Å². The molecule has 82 valence electrons. The molecule has 1 N–H and O–H groups in total. The summed E-state index contributed by atoms with van der Waals surface area (Å²) in [6, 6.07) is 2.48. The van der Waals surface area contributed by atoms with Crippen molar-refractivity contribution in [2.24, 2.45) is 0 Å². The molecule has 1 aliphatic rings. The summed E-state index contributed by atoms with van der Waals surface area (Å²) in [5, 5.41) is 2.94. The lowest BCUT2D eigenvalue weighted by Gasteiger charge is -2.13. The van der Waals surface area contributed by atoms with Crippen molar-refractivity contribution in [3.05, 3.63) is 29.3 Å². The zero-order valence-corrected chi connectivity index (χ0v) is 8.52. The highest BCUT2D eigenvalue weighted by atomic mass is 19.1. The molecule has 0 aliphatic carbocycles. The Morgan fingerprint density at radius 3 is 2.80 bits per heavy atom. The predicted molar refractivity (Wildman–Crippen MR) is 53.9 cm³/mol. The fraction of sp³-hybridized carbons (Fsp3) is 0.455. The number of hydrogen-bond donors (Lipinski definition) is 1. The van der Waals surface area contributed by atoms with Crippen LogP contribution in [0.1, 0.15) is 12.0 Å². The summed E-state index contributed by atoms with van der Waals surface area (Å²) in [7, 11) is 0. The third-order valence-corrected chi connectivity index (χ3v) is 2.54. The molecule has 0 amide bonds. The first-order chi connectivity index (χ1) is 7.16. The van der Waals surface area contributed by atoms with Gasteiger partial charge >= 0.3 is 0 Å². The minimum Gasteiger partial charge on any atom is -0.379 e. The van der Waals surface area contributed by atoms with E-state index >= 15 is 0 Å². The van der Waals surface area contributed by atoms with Crippen LogP contribution in [0.4, 0.5) is 14.5 Å². The fourth-order valence-corrected chi connectivity index (χ4v) is 1.63. The van der Waals surface area contributed by atoms with Crippen molar-refractivity contribution in [3.63, 3.8) is 0 Å². The second-order valence-corrected chi connectivity index (χ2v) is 3.79. The van der Waals surface area contributed by atoms with Crippen LogP contribution < -0.4 is 5.32 Å². The standard InChI is InChI=1S/C11H13F2NO/c1-7-4-10(13)11(5-9(7)12)14-8-2-3-15-6-8/h4-5,8,14H,2-3,6H2,1H3. The molecule has 0 radical (unpaired) electrons. The second-order valence-electron chi connectivity index (χ2n) is 3.79. The van der Waals surface area contributed by atoms with Gasteiger partial charge in [-0.3, -0.25) is 0 Å². The van der Waals surface area contributed by atoms with Crippen molar-refractivity contribution in [3.8, 4) is 0 Å². The molecule has 0 aromatic heterocycles. The maximum absolute atomic E-state index is 13.4. The van der Waals surface area contributed by atoms with Crippen LogP contribution in [0.3, 0.4) is 0 Å². The van der Waals surface area contributed by atoms with E-state index < -0.39 is 11.6 Å². The van der Waals surface area contributed by atoms with Gasteiger partial charge < -0.3 is 10.1 Å². The summed E-state index contributed by atoms with van der Waals surface area (Å²) in [5.74, 6) is -0.807. The van der Waals surface area contributed by atoms with Crippen LogP contribution in [0.25, 0.3) is 0 Å². The first-order valence-electron chi connectivity index (χ1n) is 4.97. The van der Waals surface area contributed by atoms with Gasteiger partial charge in [-0.15, -0.1) is 0 Å². The molecule has 1 heterocycles. The minimum absolute atomic E-state index is 0.0848. The van der Waals surface area contributed by atoms with Gasteiger partial charge in [0, 0.05) is 12.7 Å². The summed E-state index contributed by atoms with van der Waals surface area (Å²) in [4.78, 5) is 0. The highest BCUT2D eigenvalue weighted by Crippen LogP contribution is 2.21. The lowest BCUT2D eigenvalue weighted by atomic mass is 10.2. The average Bonchev–Trinajstić information content (AvgIpc) is 2.67. The van der Waals surface area contributed by atoms with E-state index in [-0.39, 0.29) is 11.7 Å². The first-order valence-corrected chi connectivity index (χ1v) is 4.97. The molecule has 1 unspecified atom stereocenters. The molecule has 0 spiro atoms. The molecular weight excluding hydrogens is 200 g/mol. The van der Waals surface area contributed by atoms with Crippen molar-refractivity contribution in [1.82, 2.24) is 0 Å². The van der Waals surface area contributed by atoms with Gasteiger partial charge in [0.15, 0.2) is 0 Å². The van der Waals surface area contributed by atoms with Gasteiger partial charge in [-0.05, 0) is 25.0 Å². The number of halogens is 2. The van der Waals surface area contributed by atoms with Crippen LogP contribution in [0.15, 0.2) is 12.1 Å². The van der Waals surface area contributed by atoms with Crippen molar-refractivity contribution in [2.75, 3.05) is 18.5 Å². The Hall–Kier alpha value is -1.16. The van der Waals surface area contributed by atoms with E-state index in [9.17, 15) is 8.78 Å². The minimum atomic E-state index is -0.416. The maximum atomic E-state index is 13.4. The average molecular weight is 213 g/mol. The highest BCUT2D eigenvalue weighted by Gasteiger charge is 2.17. The lowest BCUT2D eigenvalue weighted by Crippen LogP contribution is -2.19. The third-order valence-electron chi connectivity index (χ3n) is 2.54. The number of rotatable bonds is 2. The maximum Gasteiger partial charge on any atom is 0.146 e. The van der Waals surface area contributed by atoms with Gasteiger partial charge in [-0.2, -0.15) is 0 Å². The van der Waals surface area contributed by atoms with Crippen molar-refractivity contribution < 1.29 is 13.5 Å². The normalized spacial score (nSPS) is 20.6. The van der Waals surface area contributed by atoms with Crippen LogP contribution in [-0.4, -0.2) is 19.3 Å². The molecule has 1 atom stereocenters. The van der Waals surface area contributed by atoms with Crippen LogP contribution in [0.2, 0.25) is 0 Å². The van der Waals surface area contributed by atoms with Crippen molar-refractivity contribution in [1.29, 1.82) is 0 Å². The third kappa shape index (κ3) is 2.26. The highest BCUT2D eigenvalue weighted by molar-refractivity contribution is 5.47. The van der Waals surface area contributed by atoms with Crippen LogP contribution >= 0.6 is 0 Å². The molecule has 0 bridgehead atoms. The zero-order valence-electron chi connectivity index (χ0n) is 8.52. The van der Waals surface area contributed by atoms with E-state index in [2.05, 4.69) is 5.32 Å². The summed E-state index contributed by atoms with van der Waals surface area (Å²) in [6.45, 7) is 2.77. The number of aryl methyl sites for hydroxylation is 1. The fourth-order valence-electron chi connectivity index (χ4n) is 1.63. The Morgan fingerprint density at radius 2 is 2.13 bits per heavy atom. The van der Waals surface area contributed by atoms with Crippen LogP contribution in [0, 0.1) is 18.6 Å². The number of hydrogen-bond acceptors (Lipinski definition) is 2. The lowest BCUT2D eigenvalue weighted by molar-refractivity contribution is 0.195. The van der Waals surface area contributed by atoms with E-state index in [4.69, 9.17) is 4.74 Å². The van der Waals surface area contributed by atoms with Crippen LogP contribution in [-0.2, 0) is 4.74 Å². The summed E-state index contributed by atoms with van der Waals surface area (Å²) < 4.78 is 31.8. The number of benzene rings is 1. The molecule has 4 heteroatoms. The number of nitrogens with one attached hydrogen (secondary N) is 1. The topological polar surface area (TPSA) is 21.3 Å². The molecule has 1 fully saturated rings. The molecule has 1 saturated heterocycles. The molecule has 1 aliphatic heterocycles. The molecule has 2 nitrogen and oxygen atoms in total. The molecule has 15 heavy (non-hydrogen) atoms. The van der Waals surface area contributed by atoms with Gasteiger partial charge in [-0.25, -0.2) is 8.78 Å². The Balaban J connectivity index is 2.16. The van der Waals surface area contributed by atoms with Gasteiger partial charge in [-0.1, -0.05) is 0 Å². The van der Waals surface area contributed by atoms with E-state index in [0.717, 1.165) is 6.42 Å². The first kappa shape index (κ1) is 10.4. The Bertz CT molecular complexity index is 362. The number of ether oxygens (including phenoxy) is 1. The Morgan fingerprint density at radius 1 is 1.33 bits per heavy atom. The molecule has 0 saturated carbocycles. The zero-order chi connectivity index (χ0) is 10.8. The van der Waals surface area contributed by atoms with E-state index in [0.29, 0.717) is 18.8 Å². The van der Waals surface area contributed by atoms with Crippen LogP contribution in [0.5, 0.6) is 0 Å². The quantitative estimate of drug-likeness (QED) is 0.814. The van der Waals surface area contributed by atoms with Gasteiger partial charge in [0.05, 0.1) is 18.3 Å². The monoisotopic (exact) mass is 213 g/mol. The van der Waals surface area contributed by atoms with Gasteiger partial charge in [0.1, 0.15) is 11.6 Å². The number of anilines is 1. The predicted octanol–water partition coefficient (Wildman–Crippen LogP) is 2.47. The molecule has 1 aromatic rings. The smallest absolute Gasteiger partial charge is 0.146 e. The summed E-state index contributed by atoms with van der Waals surface area (Å²) in [5.41, 5.74) is 0.536. The van der Waals surface area contributed by atoms with Crippen molar-refractivity contribution in [2.45, 2.75) is 19.4 Å². The van der Waals surface area contributed by atoms with Crippen molar-refractivity contribution >= 4 is 5.69 Å². The molecule has 1 aromatic carbocycles. The summed E-state index contributed by atoms with van der Waals surface area (Å²) >= 11 is 0. The second kappa shape index (κ2) is 4.14. The van der Waals surface area contributed by atoms with E-state index in [1.54, 1.807) is 6.92 Å². The van der Waals surface area contributed by atoms with Gasteiger partial charge in [0.25, 0.3) is 0 Å². The van der Waals surface area contributed by atoms with E-state index in [1.807, 2.05) is 0 Å². The Kier molecular flexibility index (Phi) is 2.86. The SMILES string of the molecule is Cc1cc(F)c(NC2CCOC2)cc1F. The summed E-state index contributed by atoms with van der Waals surface area (Å²) in [6.07, 6.45) is 0.828. The molecule has 2 rings (SSSR count).